The number of rotatable bonds is 0. The van der Waals surface area contributed by atoms with Crippen LogP contribution in [0.2, 0.25) is 0 Å². The van der Waals surface area contributed by atoms with Crippen molar-refractivity contribution >= 4 is 22.7 Å². The summed E-state index contributed by atoms with van der Waals surface area (Å²) in [5.74, 6) is 1.19. The summed E-state index contributed by atoms with van der Waals surface area (Å²) >= 11 is 1.89. The van der Waals surface area contributed by atoms with Gasteiger partial charge in [0.1, 0.15) is 0 Å². The van der Waals surface area contributed by atoms with Gasteiger partial charge in [0, 0.05) is 11.1 Å². The molecule has 0 N–H and O–H groups in total. The van der Waals surface area contributed by atoms with E-state index in [0.717, 1.165) is 0 Å². The lowest BCUT2D eigenvalue weighted by Crippen LogP contribution is -1.91. The number of hydrogen-bond donors (Lipinski definition) is 0. The minimum atomic E-state index is 1.18. The first-order valence-electron chi connectivity index (χ1n) is 5.28. The number of benzene rings is 1. The molecule has 1 aliphatic rings. The summed E-state index contributed by atoms with van der Waals surface area (Å²) in [6, 6.07) is 6.69. The Bertz CT molecular complexity index is 497. The van der Waals surface area contributed by atoms with E-state index in [2.05, 4.69) is 32.0 Å². The fourth-order valence-electron chi connectivity index (χ4n) is 2.12. The number of pyridine rings is 1. The molecule has 0 radical (unpaired) electrons. The van der Waals surface area contributed by atoms with Crippen molar-refractivity contribution in [3.8, 4) is 0 Å². The van der Waals surface area contributed by atoms with Crippen molar-refractivity contribution in [2.75, 3.05) is 5.75 Å². The average molecular weight is 215 g/mol. The van der Waals surface area contributed by atoms with Crippen LogP contribution in [-0.4, -0.2) is 10.7 Å². The zero-order valence-electron chi connectivity index (χ0n) is 9.00. The minimum Gasteiger partial charge on any atom is -0.241 e. The Morgan fingerprint density at radius 2 is 2.00 bits per heavy atom. The lowest BCUT2D eigenvalue weighted by atomic mass is 10.0. The molecular weight excluding hydrogens is 202 g/mol. The van der Waals surface area contributed by atoms with Crippen LogP contribution in [0.3, 0.4) is 0 Å². The molecule has 2 heterocycles. The van der Waals surface area contributed by atoms with Crippen LogP contribution in [0.5, 0.6) is 0 Å². The largest absolute Gasteiger partial charge is 0.241 e. The molecule has 0 amide bonds. The Kier molecular flexibility index (Phi) is 1.99. The molecule has 0 saturated carbocycles. The number of nitrogens with zero attached hydrogens (tertiary/aromatic N) is 1. The number of thioether (sulfide) groups is 1. The summed E-state index contributed by atoms with van der Waals surface area (Å²) in [6.45, 7) is 4.30. The summed E-state index contributed by atoms with van der Waals surface area (Å²) in [5, 5.41) is 2.58. The smallest absolute Gasteiger partial charge is 0.1000 e. The summed E-state index contributed by atoms with van der Waals surface area (Å²) in [5.41, 5.74) is 5.23. The van der Waals surface area contributed by atoms with Gasteiger partial charge in [-0.3, -0.25) is 0 Å². The maximum absolute atomic E-state index is 4.78. The van der Waals surface area contributed by atoms with Gasteiger partial charge in [-0.1, -0.05) is 12.1 Å². The maximum Gasteiger partial charge on any atom is 0.1000 e. The zero-order chi connectivity index (χ0) is 10.4. The molecule has 76 valence electrons. The molecule has 1 nitrogen and oxygen atoms in total. The lowest BCUT2D eigenvalue weighted by molar-refractivity contribution is 1.07. The predicted octanol–water partition coefficient (Wildman–Crippen LogP) is 3.50. The Hall–Kier alpha value is -1.02. The quantitative estimate of drug-likeness (QED) is 0.667. The predicted molar refractivity (Wildman–Crippen MR) is 65.6 cm³/mol. The van der Waals surface area contributed by atoms with Crippen LogP contribution >= 0.6 is 11.8 Å². The molecule has 0 fully saturated rings. The molecule has 1 aromatic heterocycles. The molecule has 1 aliphatic heterocycles. The van der Waals surface area contributed by atoms with Gasteiger partial charge < -0.3 is 0 Å². The van der Waals surface area contributed by atoms with Crippen molar-refractivity contribution in [3.05, 3.63) is 34.9 Å². The third-order valence-electron chi connectivity index (χ3n) is 3.05. The van der Waals surface area contributed by atoms with Gasteiger partial charge in [-0.25, -0.2) is 4.98 Å². The fourth-order valence-corrected chi connectivity index (χ4v) is 3.14. The zero-order valence-corrected chi connectivity index (χ0v) is 9.82. The first-order chi connectivity index (χ1) is 7.25. The first-order valence-corrected chi connectivity index (χ1v) is 6.27. The van der Waals surface area contributed by atoms with Gasteiger partial charge in [0.2, 0.25) is 0 Å². The number of hydrogen-bond acceptors (Lipinski definition) is 2. The van der Waals surface area contributed by atoms with Gasteiger partial charge in [-0.2, -0.15) is 0 Å². The minimum absolute atomic E-state index is 1.18. The van der Waals surface area contributed by atoms with Crippen molar-refractivity contribution in [1.29, 1.82) is 0 Å². The maximum atomic E-state index is 4.78. The van der Waals surface area contributed by atoms with Gasteiger partial charge in [-0.15, -0.1) is 11.8 Å². The molecular formula is C13H13NS. The Balaban J connectivity index is 2.42. The second kappa shape index (κ2) is 3.24. The highest BCUT2D eigenvalue weighted by molar-refractivity contribution is 7.99. The Morgan fingerprint density at radius 3 is 2.87 bits per heavy atom. The van der Waals surface area contributed by atoms with Crippen LogP contribution in [0, 0.1) is 13.8 Å². The van der Waals surface area contributed by atoms with Gasteiger partial charge in [0.25, 0.3) is 0 Å². The van der Waals surface area contributed by atoms with E-state index >= 15 is 0 Å². The molecule has 2 heteroatoms. The second-order valence-electron chi connectivity index (χ2n) is 4.15. The van der Waals surface area contributed by atoms with Crippen molar-refractivity contribution in [3.63, 3.8) is 0 Å². The Labute approximate surface area is 93.9 Å². The van der Waals surface area contributed by atoms with E-state index in [4.69, 9.17) is 4.98 Å². The van der Waals surface area contributed by atoms with Gasteiger partial charge in [0.15, 0.2) is 0 Å². The van der Waals surface area contributed by atoms with E-state index in [0.29, 0.717) is 0 Å². The molecule has 0 aliphatic carbocycles. The lowest BCUT2D eigenvalue weighted by Gasteiger charge is -2.07. The molecule has 0 saturated heterocycles. The van der Waals surface area contributed by atoms with E-state index in [1.165, 1.54) is 44.8 Å². The molecule has 0 spiro atoms. The van der Waals surface area contributed by atoms with Crippen LogP contribution in [-0.2, 0) is 6.42 Å². The molecule has 15 heavy (non-hydrogen) atoms. The van der Waals surface area contributed by atoms with Crippen LogP contribution in [0.4, 0.5) is 0 Å². The van der Waals surface area contributed by atoms with Crippen LogP contribution in [0.1, 0.15) is 16.7 Å². The van der Waals surface area contributed by atoms with Crippen molar-refractivity contribution in [2.45, 2.75) is 25.3 Å². The second-order valence-corrected chi connectivity index (χ2v) is 5.23. The van der Waals surface area contributed by atoms with Gasteiger partial charge in [0.05, 0.1) is 10.5 Å². The summed E-state index contributed by atoms with van der Waals surface area (Å²) < 4.78 is 0. The number of aromatic nitrogens is 1. The van der Waals surface area contributed by atoms with E-state index < -0.39 is 0 Å². The highest BCUT2D eigenvalue weighted by Crippen LogP contribution is 2.33. The third kappa shape index (κ3) is 1.36. The van der Waals surface area contributed by atoms with E-state index in [1.54, 1.807) is 0 Å². The normalized spacial score (nSPS) is 14.5. The number of aryl methyl sites for hydroxylation is 3. The Morgan fingerprint density at radius 1 is 1.20 bits per heavy atom. The SMILES string of the molecule is Cc1ccc(C)c2nc3c(cc12)CCS3. The highest BCUT2D eigenvalue weighted by atomic mass is 32.2. The molecule has 0 bridgehead atoms. The third-order valence-corrected chi connectivity index (χ3v) is 4.09. The summed E-state index contributed by atoms with van der Waals surface area (Å²) in [4.78, 5) is 4.78. The van der Waals surface area contributed by atoms with Crippen molar-refractivity contribution in [1.82, 2.24) is 4.98 Å². The summed E-state index contributed by atoms with van der Waals surface area (Å²) in [7, 11) is 0. The van der Waals surface area contributed by atoms with Crippen LogP contribution in [0.25, 0.3) is 10.9 Å². The van der Waals surface area contributed by atoms with E-state index in [9.17, 15) is 0 Å². The monoisotopic (exact) mass is 215 g/mol. The topological polar surface area (TPSA) is 12.9 Å². The number of fused-ring (bicyclic) bond motifs is 2. The highest BCUT2D eigenvalue weighted by Gasteiger charge is 2.15. The van der Waals surface area contributed by atoms with E-state index in [1.807, 2.05) is 11.8 Å². The van der Waals surface area contributed by atoms with Crippen molar-refractivity contribution < 1.29 is 0 Å². The van der Waals surface area contributed by atoms with E-state index in [-0.39, 0.29) is 0 Å². The summed E-state index contributed by atoms with van der Waals surface area (Å²) in [6.07, 6.45) is 1.18. The van der Waals surface area contributed by atoms with Crippen LogP contribution in [0.15, 0.2) is 23.2 Å². The standard InChI is InChI=1S/C13H13NS/c1-8-3-4-9(2)12-11(8)7-10-5-6-15-13(10)14-12/h3-4,7H,5-6H2,1-2H3. The molecule has 1 aromatic carbocycles. The fraction of sp³-hybridized carbons (Fsp3) is 0.308. The average Bonchev–Trinajstić information content (AvgIpc) is 2.69. The molecule has 3 rings (SSSR count). The first kappa shape index (κ1) is 9.22. The molecule has 0 atom stereocenters. The van der Waals surface area contributed by atoms with Crippen LogP contribution < -0.4 is 0 Å². The van der Waals surface area contributed by atoms with Gasteiger partial charge in [-0.05, 0) is 43.0 Å². The van der Waals surface area contributed by atoms with Crippen molar-refractivity contribution in [2.24, 2.45) is 0 Å². The molecule has 0 unspecified atom stereocenters. The molecule has 2 aromatic rings. The van der Waals surface area contributed by atoms with Gasteiger partial charge >= 0.3 is 0 Å².